The second-order valence-corrected chi connectivity index (χ2v) is 10.1. The normalized spacial score (nSPS) is 13.9. The molecule has 0 amide bonds. The van der Waals surface area contributed by atoms with Gasteiger partial charge >= 0.3 is 6.18 Å². The molecule has 1 unspecified atom stereocenters. The molecule has 0 spiro atoms. The molecule has 0 fully saturated rings. The second-order valence-electron chi connectivity index (χ2n) is 10.1. The summed E-state index contributed by atoms with van der Waals surface area (Å²) in [7, 11) is 7.55. The molecule has 5 rings (SSSR count). The van der Waals surface area contributed by atoms with Gasteiger partial charge < -0.3 is 19.5 Å². The number of aromatic nitrogens is 3. The molecule has 2 heterocycles. The number of hydrogen-bond acceptors (Lipinski definition) is 4. The Labute approximate surface area is 223 Å². The molecule has 0 radical (unpaired) electrons. The van der Waals surface area contributed by atoms with Crippen LogP contribution in [-0.4, -0.2) is 64.8 Å². The maximum atomic E-state index is 14.8. The Morgan fingerprint density at radius 2 is 1.62 bits per heavy atom. The zero-order chi connectivity index (χ0) is 28.1. The van der Waals surface area contributed by atoms with E-state index in [1.165, 1.54) is 59.5 Å². The average Bonchev–Trinajstić information content (AvgIpc) is 3.47. The number of nitrogens with zero attached hydrogens (tertiary/aromatic N) is 5. The van der Waals surface area contributed by atoms with Crippen LogP contribution in [0.5, 0.6) is 0 Å². The number of hydrogen-bond donors (Lipinski definition) is 1. The Hall–Kier alpha value is -3.89. The summed E-state index contributed by atoms with van der Waals surface area (Å²) >= 11 is 0. The Kier molecular flexibility index (Phi) is 6.64. The van der Waals surface area contributed by atoms with Gasteiger partial charge in [0.2, 0.25) is 5.60 Å². The maximum Gasteiger partial charge on any atom is 0.425 e. The van der Waals surface area contributed by atoms with Gasteiger partial charge in [-0.2, -0.15) is 18.3 Å². The highest BCUT2D eigenvalue weighted by atomic mass is 19.4. The van der Waals surface area contributed by atoms with Gasteiger partial charge in [0.1, 0.15) is 5.82 Å². The second kappa shape index (κ2) is 9.69. The van der Waals surface area contributed by atoms with Crippen LogP contribution < -0.4 is 4.90 Å². The molecule has 0 saturated carbocycles. The highest BCUT2D eigenvalue weighted by Crippen LogP contribution is 2.47. The summed E-state index contributed by atoms with van der Waals surface area (Å²) in [4.78, 5) is 4.09. The number of fused-ring (bicyclic) bond motifs is 2. The lowest BCUT2D eigenvalue weighted by Crippen LogP contribution is -2.43. The van der Waals surface area contributed by atoms with Crippen LogP contribution in [0.3, 0.4) is 0 Å². The van der Waals surface area contributed by atoms with E-state index in [9.17, 15) is 22.7 Å². The minimum absolute atomic E-state index is 0.250. The third kappa shape index (κ3) is 4.63. The number of benzene rings is 3. The lowest BCUT2D eigenvalue weighted by atomic mass is 9.85. The third-order valence-electron chi connectivity index (χ3n) is 7.15. The van der Waals surface area contributed by atoms with Gasteiger partial charge in [-0.25, -0.2) is 9.07 Å². The molecule has 0 aliphatic heterocycles. The van der Waals surface area contributed by atoms with Gasteiger partial charge in [-0.1, -0.05) is 12.1 Å². The van der Waals surface area contributed by atoms with E-state index in [0.29, 0.717) is 27.5 Å². The molecule has 1 atom stereocenters. The standard InChI is InChI=1S/C29H29F4N5O/c1-35(2)13-14-36(3)23-10-11-24-25(18-37(4)27(24)16-23)28(39,29(31,32)33)20-5-12-26-19(15-20)17-34-38(26)22-8-6-21(30)7-9-22/h5-12,15-18,39H,13-14H2,1-4H3. The summed E-state index contributed by atoms with van der Waals surface area (Å²) in [5.74, 6) is -0.407. The first kappa shape index (κ1) is 26.7. The third-order valence-corrected chi connectivity index (χ3v) is 7.15. The summed E-state index contributed by atoms with van der Waals surface area (Å²) in [6, 6.07) is 14.9. The summed E-state index contributed by atoms with van der Waals surface area (Å²) in [6.07, 6.45) is -2.24. The molecular formula is C29H29F4N5O. The predicted molar refractivity (Wildman–Crippen MR) is 145 cm³/mol. The lowest BCUT2D eigenvalue weighted by molar-refractivity contribution is -0.247. The SMILES string of the molecule is CN(C)CCN(C)c1ccc2c(C(O)(c3ccc4c(cnn4-c4ccc(F)cc4)c3)C(F)(F)F)cn(C)c2c1. The zero-order valence-electron chi connectivity index (χ0n) is 22.0. The highest BCUT2D eigenvalue weighted by molar-refractivity contribution is 5.89. The summed E-state index contributed by atoms with van der Waals surface area (Å²) < 4.78 is 60.8. The van der Waals surface area contributed by atoms with Crippen LogP contribution in [0.15, 0.2) is 73.1 Å². The van der Waals surface area contributed by atoms with Gasteiger partial charge in [0, 0.05) is 55.4 Å². The van der Waals surface area contributed by atoms with Crippen molar-refractivity contribution in [3.05, 3.63) is 90.0 Å². The van der Waals surface area contributed by atoms with Gasteiger partial charge in [-0.3, -0.25) is 0 Å². The van der Waals surface area contributed by atoms with Gasteiger partial charge in [0.15, 0.2) is 0 Å². The molecular weight excluding hydrogens is 510 g/mol. The van der Waals surface area contributed by atoms with Crippen LogP contribution in [0, 0.1) is 5.82 Å². The maximum absolute atomic E-state index is 14.8. The first-order valence-corrected chi connectivity index (χ1v) is 12.4. The smallest absolute Gasteiger partial charge is 0.373 e. The van der Waals surface area contributed by atoms with E-state index in [-0.39, 0.29) is 11.1 Å². The predicted octanol–water partition coefficient (Wildman–Crippen LogP) is 5.45. The number of aliphatic hydroxyl groups is 1. The van der Waals surface area contributed by atoms with Gasteiger partial charge in [0.05, 0.1) is 22.9 Å². The average molecular weight is 540 g/mol. The van der Waals surface area contributed by atoms with Gasteiger partial charge in [-0.05, 0) is 68.2 Å². The van der Waals surface area contributed by atoms with Crippen molar-refractivity contribution in [3.63, 3.8) is 0 Å². The monoisotopic (exact) mass is 539 g/mol. The molecule has 3 aromatic carbocycles. The minimum atomic E-state index is -5.01. The van der Waals surface area contributed by atoms with Crippen molar-refractivity contribution in [1.82, 2.24) is 19.2 Å². The molecule has 0 aliphatic carbocycles. The largest absolute Gasteiger partial charge is 0.425 e. The molecule has 10 heteroatoms. The van der Waals surface area contributed by atoms with E-state index in [0.717, 1.165) is 18.8 Å². The first-order chi connectivity index (χ1) is 18.4. The van der Waals surface area contributed by atoms with Crippen molar-refractivity contribution in [3.8, 4) is 5.69 Å². The lowest BCUT2D eigenvalue weighted by Gasteiger charge is -2.31. The summed E-state index contributed by atoms with van der Waals surface area (Å²) in [5.41, 5.74) is -1.31. The quantitative estimate of drug-likeness (QED) is 0.280. The van der Waals surface area contributed by atoms with Crippen LogP contribution >= 0.6 is 0 Å². The number of aryl methyl sites for hydroxylation is 1. The van der Waals surface area contributed by atoms with Crippen LogP contribution in [0.4, 0.5) is 23.2 Å². The Bertz CT molecular complexity index is 1640. The van der Waals surface area contributed by atoms with Gasteiger partial charge in [-0.15, -0.1) is 0 Å². The minimum Gasteiger partial charge on any atom is -0.373 e. The summed E-state index contributed by atoms with van der Waals surface area (Å²) in [5, 5.41) is 16.5. The van der Waals surface area contributed by atoms with E-state index in [2.05, 4.69) is 10.00 Å². The van der Waals surface area contributed by atoms with Crippen molar-refractivity contribution in [2.24, 2.45) is 7.05 Å². The molecule has 2 aromatic heterocycles. The van der Waals surface area contributed by atoms with Crippen LogP contribution in [0.2, 0.25) is 0 Å². The number of anilines is 1. The Morgan fingerprint density at radius 3 is 2.28 bits per heavy atom. The fourth-order valence-corrected chi connectivity index (χ4v) is 4.90. The fourth-order valence-electron chi connectivity index (χ4n) is 4.90. The highest BCUT2D eigenvalue weighted by Gasteiger charge is 2.57. The van der Waals surface area contributed by atoms with Crippen LogP contribution in [0.25, 0.3) is 27.5 Å². The number of alkyl halides is 3. The molecule has 0 saturated heterocycles. The molecule has 204 valence electrons. The van der Waals surface area contributed by atoms with Crippen molar-refractivity contribution >= 4 is 27.5 Å². The molecule has 0 bridgehead atoms. The zero-order valence-corrected chi connectivity index (χ0v) is 22.0. The summed E-state index contributed by atoms with van der Waals surface area (Å²) in [6.45, 7) is 1.56. The first-order valence-electron chi connectivity index (χ1n) is 12.4. The Morgan fingerprint density at radius 1 is 0.897 bits per heavy atom. The van der Waals surface area contributed by atoms with E-state index in [1.54, 1.807) is 23.7 Å². The molecule has 5 aromatic rings. The number of halogens is 4. The van der Waals surface area contributed by atoms with Crippen molar-refractivity contribution in [2.45, 2.75) is 11.8 Å². The molecule has 0 aliphatic rings. The number of likely N-dealkylation sites (N-methyl/N-ethyl adjacent to an activating group) is 2. The molecule has 6 nitrogen and oxygen atoms in total. The molecule has 39 heavy (non-hydrogen) atoms. The molecule has 1 N–H and O–H groups in total. The van der Waals surface area contributed by atoms with Crippen molar-refractivity contribution < 1.29 is 22.7 Å². The van der Waals surface area contributed by atoms with Crippen LogP contribution in [-0.2, 0) is 12.6 Å². The fraction of sp³-hybridized carbons (Fsp3) is 0.276. The van der Waals surface area contributed by atoms with Crippen molar-refractivity contribution in [2.75, 3.05) is 39.1 Å². The van der Waals surface area contributed by atoms with E-state index in [4.69, 9.17) is 0 Å². The van der Waals surface area contributed by atoms with Crippen LogP contribution in [0.1, 0.15) is 11.1 Å². The van der Waals surface area contributed by atoms with E-state index in [1.807, 2.05) is 32.1 Å². The number of rotatable bonds is 7. The van der Waals surface area contributed by atoms with Crippen molar-refractivity contribution in [1.29, 1.82) is 0 Å². The van der Waals surface area contributed by atoms with Gasteiger partial charge in [0.25, 0.3) is 0 Å². The topological polar surface area (TPSA) is 49.5 Å². The van der Waals surface area contributed by atoms with E-state index >= 15 is 0 Å². The Balaban J connectivity index is 1.60. The van der Waals surface area contributed by atoms with E-state index < -0.39 is 17.6 Å².